The van der Waals surface area contributed by atoms with E-state index in [1.807, 2.05) is 6.92 Å². The van der Waals surface area contributed by atoms with Gasteiger partial charge in [0.05, 0.1) is 5.71 Å². The highest BCUT2D eigenvalue weighted by Crippen LogP contribution is 2.18. The summed E-state index contributed by atoms with van der Waals surface area (Å²) in [5.74, 6) is 0.395. The van der Waals surface area contributed by atoms with Crippen molar-refractivity contribution in [3.05, 3.63) is 48.0 Å². The first-order valence-electron chi connectivity index (χ1n) is 6.26. The summed E-state index contributed by atoms with van der Waals surface area (Å²) < 4.78 is 0. The maximum atomic E-state index is 4.82. The minimum Gasteiger partial charge on any atom is -0.399 e. The van der Waals surface area contributed by atoms with Crippen LogP contribution in [0.2, 0.25) is 0 Å². The van der Waals surface area contributed by atoms with Crippen LogP contribution in [-0.2, 0) is 11.3 Å². The minimum absolute atomic E-state index is 0.395. The molecule has 0 radical (unpaired) electrons. The zero-order valence-electron chi connectivity index (χ0n) is 11.2. The molecule has 0 aliphatic carbocycles. The van der Waals surface area contributed by atoms with Crippen LogP contribution in [0.5, 0.6) is 0 Å². The van der Waals surface area contributed by atoms with E-state index in [0.29, 0.717) is 5.92 Å². The van der Waals surface area contributed by atoms with Gasteiger partial charge in [0.25, 0.3) is 0 Å². The van der Waals surface area contributed by atoms with E-state index in [1.165, 1.54) is 16.3 Å². The largest absolute Gasteiger partial charge is 0.399 e. The van der Waals surface area contributed by atoms with Crippen LogP contribution in [0, 0.1) is 5.92 Å². The van der Waals surface area contributed by atoms with Gasteiger partial charge in [0.1, 0.15) is 7.11 Å². The van der Waals surface area contributed by atoms with E-state index in [2.05, 4.69) is 54.5 Å². The van der Waals surface area contributed by atoms with Gasteiger partial charge in [-0.1, -0.05) is 54.5 Å². The zero-order valence-corrected chi connectivity index (χ0v) is 11.2. The van der Waals surface area contributed by atoms with E-state index < -0.39 is 0 Å². The van der Waals surface area contributed by atoms with Crippen LogP contribution in [0.15, 0.2) is 47.6 Å². The molecule has 0 spiro atoms. The second kappa shape index (κ2) is 5.67. The predicted octanol–water partition coefficient (Wildman–Crippen LogP) is 4.04. The van der Waals surface area contributed by atoms with E-state index in [4.69, 9.17) is 4.84 Å². The van der Waals surface area contributed by atoms with E-state index in [-0.39, 0.29) is 0 Å². The molecule has 0 bridgehead atoms. The number of nitrogens with zero attached hydrogens (tertiary/aromatic N) is 1. The second-order valence-corrected chi connectivity index (χ2v) is 4.70. The first-order chi connectivity index (χ1) is 8.70. The van der Waals surface area contributed by atoms with Crippen molar-refractivity contribution < 1.29 is 4.84 Å². The Bertz CT molecular complexity index is 560. The van der Waals surface area contributed by atoms with Crippen LogP contribution in [0.25, 0.3) is 10.8 Å². The highest BCUT2D eigenvalue weighted by Gasteiger charge is 2.08. The third-order valence-corrected chi connectivity index (χ3v) is 3.30. The van der Waals surface area contributed by atoms with Crippen molar-refractivity contribution >= 4 is 16.5 Å². The lowest BCUT2D eigenvalue weighted by atomic mass is 9.96. The molecule has 0 aliphatic rings. The molecule has 0 saturated heterocycles. The normalized spacial score (nSPS) is 13.6. The lowest BCUT2D eigenvalue weighted by molar-refractivity contribution is 0.211. The Morgan fingerprint density at radius 1 is 1.17 bits per heavy atom. The van der Waals surface area contributed by atoms with Crippen LogP contribution < -0.4 is 0 Å². The lowest BCUT2D eigenvalue weighted by Gasteiger charge is -2.11. The number of hydrogen-bond acceptors (Lipinski definition) is 2. The molecule has 0 aliphatic heterocycles. The smallest absolute Gasteiger partial charge is 0.106 e. The standard InChI is InChI=1S/C16H19NO/c1-12(13(2)17-18-3)10-14-8-9-15-6-4-5-7-16(15)11-14/h4-9,11-12H,10H2,1-3H3. The number of benzene rings is 2. The van der Waals surface area contributed by atoms with Gasteiger partial charge in [-0.05, 0) is 29.7 Å². The Kier molecular flexibility index (Phi) is 3.98. The van der Waals surface area contributed by atoms with E-state index in [0.717, 1.165) is 12.1 Å². The van der Waals surface area contributed by atoms with Crippen LogP contribution in [0.1, 0.15) is 19.4 Å². The van der Waals surface area contributed by atoms with Gasteiger partial charge in [-0.3, -0.25) is 0 Å². The Labute approximate surface area is 108 Å². The van der Waals surface area contributed by atoms with Crippen LogP contribution in [0.4, 0.5) is 0 Å². The average molecular weight is 241 g/mol. The maximum Gasteiger partial charge on any atom is 0.106 e. The molecule has 2 aromatic rings. The van der Waals surface area contributed by atoms with Gasteiger partial charge >= 0.3 is 0 Å². The molecule has 0 N–H and O–H groups in total. The minimum atomic E-state index is 0.395. The van der Waals surface area contributed by atoms with E-state index >= 15 is 0 Å². The van der Waals surface area contributed by atoms with Crippen molar-refractivity contribution in [2.45, 2.75) is 20.3 Å². The second-order valence-electron chi connectivity index (χ2n) is 4.70. The van der Waals surface area contributed by atoms with Crippen molar-refractivity contribution in [2.24, 2.45) is 11.1 Å². The number of hydrogen-bond donors (Lipinski definition) is 0. The first-order valence-corrected chi connectivity index (χ1v) is 6.26. The van der Waals surface area contributed by atoms with Gasteiger partial charge < -0.3 is 4.84 Å². The van der Waals surface area contributed by atoms with Gasteiger partial charge in [0, 0.05) is 5.92 Å². The number of rotatable bonds is 4. The SMILES string of the molecule is CON=C(C)C(C)Cc1ccc2ccccc2c1. The van der Waals surface area contributed by atoms with Crippen molar-refractivity contribution in [2.75, 3.05) is 7.11 Å². The fraction of sp³-hybridized carbons (Fsp3) is 0.312. The Hall–Kier alpha value is -1.83. The molecule has 1 atom stereocenters. The molecular weight excluding hydrogens is 222 g/mol. The van der Waals surface area contributed by atoms with Crippen molar-refractivity contribution in [3.8, 4) is 0 Å². The summed E-state index contributed by atoms with van der Waals surface area (Å²) in [4.78, 5) is 4.82. The molecule has 94 valence electrons. The summed E-state index contributed by atoms with van der Waals surface area (Å²) in [6.07, 6.45) is 0.990. The van der Waals surface area contributed by atoms with E-state index in [1.54, 1.807) is 7.11 Å². The molecule has 0 aromatic heterocycles. The summed E-state index contributed by atoms with van der Waals surface area (Å²) in [7, 11) is 1.59. The fourth-order valence-electron chi connectivity index (χ4n) is 2.10. The molecule has 18 heavy (non-hydrogen) atoms. The Morgan fingerprint density at radius 2 is 1.89 bits per heavy atom. The van der Waals surface area contributed by atoms with Gasteiger partial charge in [-0.2, -0.15) is 0 Å². The third-order valence-electron chi connectivity index (χ3n) is 3.30. The summed E-state index contributed by atoms with van der Waals surface area (Å²) in [6.45, 7) is 4.18. The summed E-state index contributed by atoms with van der Waals surface area (Å²) >= 11 is 0. The van der Waals surface area contributed by atoms with Crippen LogP contribution in [-0.4, -0.2) is 12.8 Å². The Balaban J connectivity index is 2.19. The topological polar surface area (TPSA) is 21.6 Å². The van der Waals surface area contributed by atoms with Gasteiger partial charge in [-0.15, -0.1) is 0 Å². The molecule has 0 fully saturated rings. The maximum absolute atomic E-state index is 4.82. The fourth-order valence-corrected chi connectivity index (χ4v) is 2.10. The average Bonchev–Trinajstić information content (AvgIpc) is 2.39. The molecule has 0 amide bonds. The highest BCUT2D eigenvalue weighted by molar-refractivity contribution is 5.85. The molecule has 2 aromatic carbocycles. The van der Waals surface area contributed by atoms with Crippen LogP contribution in [0.3, 0.4) is 0 Å². The molecule has 2 heteroatoms. The summed E-state index contributed by atoms with van der Waals surface area (Å²) in [5, 5.41) is 6.58. The van der Waals surface area contributed by atoms with Crippen molar-refractivity contribution in [3.63, 3.8) is 0 Å². The van der Waals surface area contributed by atoms with Gasteiger partial charge in [-0.25, -0.2) is 0 Å². The van der Waals surface area contributed by atoms with Crippen molar-refractivity contribution in [1.29, 1.82) is 0 Å². The molecular formula is C16H19NO. The Morgan fingerprint density at radius 3 is 2.61 bits per heavy atom. The lowest BCUT2D eigenvalue weighted by Crippen LogP contribution is -2.10. The van der Waals surface area contributed by atoms with Gasteiger partial charge in [0.15, 0.2) is 0 Å². The molecule has 1 unspecified atom stereocenters. The quantitative estimate of drug-likeness (QED) is 0.584. The first kappa shape index (κ1) is 12.6. The van der Waals surface area contributed by atoms with E-state index in [9.17, 15) is 0 Å². The summed E-state index contributed by atoms with van der Waals surface area (Å²) in [6, 6.07) is 15.1. The molecule has 0 heterocycles. The molecule has 2 nitrogen and oxygen atoms in total. The third kappa shape index (κ3) is 2.89. The summed E-state index contributed by atoms with van der Waals surface area (Å²) in [5.41, 5.74) is 2.37. The molecule has 2 rings (SSSR count). The highest BCUT2D eigenvalue weighted by atomic mass is 16.6. The monoisotopic (exact) mass is 241 g/mol. The zero-order chi connectivity index (χ0) is 13.0. The van der Waals surface area contributed by atoms with Crippen LogP contribution >= 0.6 is 0 Å². The van der Waals surface area contributed by atoms with Gasteiger partial charge in [0.2, 0.25) is 0 Å². The number of oxime groups is 1. The van der Waals surface area contributed by atoms with Crippen molar-refractivity contribution in [1.82, 2.24) is 0 Å². The predicted molar refractivity (Wildman–Crippen MR) is 76.9 cm³/mol. The molecule has 0 saturated carbocycles. The number of fused-ring (bicyclic) bond motifs is 1.